The van der Waals surface area contributed by atoms with E-state index in [0.717, 1.165) is 44.6 Å². The third-order valence-corrected chi connectivity index (χ3v) is 9.03. The molecule has 0 fully saturated rings. The molecule has 4 heterocycles. The molecule has 0 N–H and O–H groups in total. The number of thioether (sulfide) groups is 2. The third kappa shape index (κ3) is 3.85. The molecule has 1 aliphatic rings. The molecule has 0 radical (unpaired) electrons. The maximum Gasteiger partial charge on any atom is 0.198 e. The number of ether oxygens (including phenoxy) is 1. The van der Waals surface area contributed by atoms with Crippen LogP contribution in [-0.2, 0) is 23.5 Å². The number of halogens is 2. The van der Waals surface area contributed by atoms with E-state index in [-0.39, 0.29) is 5.60 Å². The lowest BCUT2D eigenvalue weighted by Crippen LogP contribution is -2.33. The van der Waals surface area contributed by atoms with E-state index in [1.807, 2.05) is 18.4 Å². The molecule has 0 bridgehead atoms. The first-order valence-electron chi connectivity index (χ1n) is 9.86. The standard InChI is InChI=1S/C21H20Cl2N4OS3/c1-4-21(2)8-13-15(9-28-21)31-18-16(13)17-25-26-20(27(17)19(24-18)29-3)30-10-11-5-6-12(22)7-14(11)23/h5-7H,4,8-10H2,1-3H3. The molecule has 3 aromatic heterocycles. The summed E-state index contributed by atoms with van der Waals surface area (Å²) < 4.78 is 8.24. The van der Waals surface area contributed by atoms with Gasteiger partial charge in [-0.05, 0) is 42.9 Å². The molecule has 31 heavy (non-hydrogen) atoms. The van der Waals surface area contributed by atoms with E-state index in [4.69, 9.17) is 32.9 Å². The van der Waals surface area contributed by atoms with Gasteiger partial charge in [0.1, 0.15) is 4.83 Å². The Kier molecular flexibility index (Phi) is 5.90. The number of nitrogens with zero attached hydrogens (tertiary/aromatic N) is 4. The van der Waals surface area contributed by atoms with Crippen LogP contribution in [-0.4, -0.2) is 31.4 Å². The Morgan fingerprint density at radius 2 is 2.10 bits per heavy atom. The minimum Gasteiger partial charge on any atom is -0.369 e. The van der Waals surface area contributed by atoms with Crippen LogP contribution in [0.3, 0.4) is 0 Å². The zero-order chi connectivity index (χ0) is 21.8. The molecule has 1 atom stereocenters. The van der Waals surface area contributed by atoms with Crippen molar-refractivity contribution in [3.63, 3.8) is 0 Å². The first-order valence-corrected chi connectivity index (χ1v) is 13.6. The summed E-state index contributed by atoms with van der Waals surface area (Å²) in [6, 6.07) is 5.57. The molecular formula is C21H20Cl2N4OS3. The fourth-order valence-electron chi connectivity index (χ4n) is 3.76. The second kappa shape index (κ2) is 8.39. The van der Waals surface area contributed by atoms with Crippen LogP contribution in [0.25, 0.3) is 15.9 Å². The normalized spacial score (nSPS) is 18.7. The van der Waals surface area contributed by atoms with Crippen LogP contribution in [0.15, 0.2) is 28.5 Å². The van der Waals surface area contributed by atoms with Gasteiger partial charge in [0.15, 0.2) is 16.0 Å². The molecule has 0 saturated heterocycles. The van der Waals surface area contributed by atoms with Crippen LogP contribution < -0.4 is 0 Å². The Balaban J connectivity index is 1.60. The monoisotopic (exact) mass is 510 g/mol. The smallest absolute Gasteiger partial charge is 0.198 e. The molecule has 5 nitrogen and oxygen atoms in total. The number of hydrogen-bond donors (Lipinski definition) is 0. The van der Waals surface area contributed by atoms with Crippen molar-refractivity contribution in [3.8, 4) is 0 Å². The van der Waals surface area contributed by atoms with E-state index in [1.165, 1.54) is 10.4 Å². The van der Waals surface area contributed by atoms with Gasteiger partial charge >= 0.3 is 0 Å². The SMILES string of the molecule is CCC1(C)Cc2c(sc3nc(SC)n4c(SCc5ccc(Cl)cc5Cl)nnc4c23)CO1. The molecule has 0 spiro atoms. The summed E-state index contributed by atoms with van der Waals surface area (Å²) in [5.74, 6) is 0.673. The summed E-state index contributed by atoms with van der Waals surface area (Å²) in [4.78, 5) is 7.23. The summed E-state index contributed by atoms with van der Waals surface area (Å²) >= 11 is 17.3. The van der Waals surface area contributed by atoms with Crippen LogP contribution >= 0.6 is 58.1 Å². The zero-order valence-electron chi connectivity index (χ0n) is 17.2. The lowest BCUT2D eigenvalue weighted by atomic mass is 9.90. The summed E-state index contributed by atoms with van der Waals surface area (Å²) in [5, 5.41) is 13.2. The highest BCUT2D eigenvalue weighted by molar-refractivity contribution is 7.99. The van der Waals surface area contributed by atoms with E-state index in [0.29, 0.717) is 22.4 Å². The van der Waals surface area contributed by atoms with Crippen LogP contribution in [0.5, 0.6) is 0 Å². The van der Waals surface area contributed by atoms with Crippen LogP contribution in [0.4, 0.5) is 0 Å². The molecule has 1 aliphatic heterocycles. The van der Waals surface area contributed by atoms with Crippen molar-refractivity contribution in [2.75, 3.05) is 6.26 Å². The summed E-state index contributed by atoms with van der Waals surface area (Å²) in [5.41, 5.74) is 3.04. The van der Waals surface area contributed by atoms with Crippen molar-refractivity contribution >= 4 is 73.9 Å². The number of hydrogen-bond acceptors (Lipinski definition) is 7. The van der Waals surface area contributed by atoms with Gasteiger partial charge in [-0.15, -0.1) is 21.5 Å². The molecule has 0 aliphatic carbocycles. The molecule has 10 heteroatoms. The average molecular weight is 512 g/mol. The van der Waals surface area contributed by atoms with Crippen molar-refractivity contribution in [2.45, 2.75) is 55.0 Å². The van der Waals surface area contributed by atoms with Gasteiger partial charge in [-0.3, -0.25) is 0 Å². The van der Waals surface area contributed by atoms with Gasteiger partial charge in [-0.2, -0.15) is 0 Å². The van der Waals surface area contributed by atoms with Crippen LogP contribution in [0.2, 0.25) is 10.0 Å². The highest BCUT2D eigenvalue weighted by Crippen LogP contribution is 2.42. The highest BCUT2D eigenvalue weighted by atomic mass is 35.5. The second-order valence-corrected chi connectivity index (χ2v) is 11.4. The number of benzene rings is 1. The second-order valence-electron chi connectivity index (χ2n) is 7.72. The van der Waals surface area contributed by atoms with Gasteiger partial charge in [0.05, 0.1) is 17.6 Å². The lowest BCUT2D eigenvalue weighted by Gasteiger charge is -2.32. The summed E-state index contributed by atoms with van der Waals surface area (Å²) in [6.45, 7) is 4.99. The van der Waals surface area contributed by atoms with Crippen LogP contribution in [0.1, 0.15) is 36.3 Å². The van der Waals surface area contributed by atoms with Gasteiger partial charge in [0.2, 0.25) is 0 Å². The van der Waals surface area contributed by atoms with Crippen molar-refractivity contribution in [1.29, 1.82) is 0 Å². The fourth-order valence-corrected chi connectivity index (χ4v) is 7.00. The predicted octanol–water partition coefficient (Wildman–Crippen LogP) is 6.90. The first kappa shape index (κ1) is 21.8. The third-order valence-electron chi connectivity index (χ3n) is 5.72. The van der Waals surface area contributed by atoms with Gasteiger partial charge in [-0.25, -0.2) is 9.38 Å². The molecule has 1 unspecified atom stereocenters. The van der Waals surface area contributed by atoms with Gasteiger partial charge in [0.25, 0.3) is 0 Å². The minimum atomic E-state index is -0.154. The quantitative estimate of drug-likeness (QED) is 0.215. The topological polar surface area (TPSA) is 52.3 Å². The van der Waals surface area contributed by atoms with E-state index in [9.17, 15) is 0 Å². The number of fused-ring (bicyclic) bond motifs is 5. The molecular weight excluding hydrogens is 491 g/mol. The number of aromatic nitrogens is 4. The van der Waals surface area contributed by atoms with Crippen LogP contribution in [0, 0.1) is 0 Å². The predicted molar refractivity (Wildman–Crippen MR) is 131 cm³/mol. The minimum absolute atomic E-state index is 0.154. The maximum atomic E-state index is 6.36. The molecule has 4 aromatic rings. The van der Waals surface area contributed by atoms with Crippen molar-refractivity contribution < 1.29 is 4.74 Å². The van der Waals surface area contributed by atoms with Gasteiger partial charge < -0.3 is 4.74 Å². The molecule has 0 saturated carbocycles. The van der Waals surface area contributed by atoms with Crippen molar-refractivity contribution in [3.05, 3.63) is 44.2 Å². The van der Waals surface area contributed by atoms with Gasteiger partial charge in [0, 0.05) is 27.1 Å². The van der Waals surface area contributed by atoms with E-state index in [1.54, 1.807) is 40.9 Å². The Morgan fingerprint density at radius 3 is 2.84 bits per heavy atom. The van der Waals surface area contributed by atoms with Crippen molar-refractivity contribution in [2.24, 2.45) is 0 Å². The molecule has 162 valence electrons. The Hall–Kier alpha value is -1.03. The zero-order valence-corrected chi connectivity index (χ0v) is 21.2. The molecule has 5 rings (SSSR count). The average Bonchev–Trinajstić information content (AvgIpc) is 3.33. The first-order chi connectivity index (χ1) is 14.9. The fraction of sp³-hybridized carbons (Fsp3) is 0.381. The lowest BCUT2D eigenvalue weighted by molar-refractivity contribution is -0.0542. The maximum absolute atomic E-state index is 6.36. The largest absolute Gasteiger partial charge is 0.369 e. The summed E-state index contributed by atoms with van der Waals surface area (Å²) in [7, 11) is 0. The van der Waals surface area contributed by atoms with Gasteiger partial charge in [-0.1, -0.05) is 59.7 Å². The highest BCUT2D eigenvalue weighted by Gasteiger charge is 2.33. The number of thiophene rings is 1. The molecule has 1 aromatic carbocycles. The Morgan fingerprint density at radius 1 is 1.26 bits per heavy atom. The molecule has 0 amide bonds. The van der Waals surface area contributed by atoms with E-state index >= 15 is 0 Å². The van der Waals surface area contributed by atoms with E-state index < -0.39 is 0 Å². The summed E-state index contributed by atoms with van der Waals surface area (Å²) in [6.07, 6.45) is 3.86. The Labute approximate surface area is 202 Å². The van der Waals surface area contributed by atoms with Crippen molar-refractivity contribution in [1.82, 2.24) is 19.6 Å². The number of rotatable bonds is 5. The Bertz CT molecular complexity index is 1310. The van der Waals surface area contributed by atoms with E-state index in [2.05, 4.69) is 28.4 Å².